The van der Waals surface area contributed by atoms with E-state index in [9.17, 15) is 4.79 Å². The Hall–Kier alpha value is -2.56. The quantitative estimate of drug-likeness (QED) is 0.817. The fraction of sp³-hybridized carbons (Fsp3) is 0.200. The lowest BCUT2D eigenvalue weighted by atomic mass is 10.3. The summed E-state index contributed by atoms with van der Waals surface area (Å²) in [5.74, 6) is 0.217. The maximum atomic E-state index is 11.7. The Kier molecular flexibility index (Phi) is 4.55. The normalized spacial score (nSPS) is 11.7. The van der Waals surface area contributed by atoms with E-state index in [0.29, 0.717) is 12.4 Å². The zero-order chi connectivity index (χ0) is 14.4. The van der Waals surface area contributed by atoms with E-state index in [-0.39, 0.29) is 5.91 Å². The molecule has 2 rings (SSSR count). The highest BCUT2D eigenvalue weighted by molar-refractivity contribution is 5.80. The van der Waals surface area contributed by atoms with Crippen molar-refractivity contribution >= 4 is 5.91 Å². The third kappa shape index (κ3) is 3.47. The first kappa shape index (κ1) is 13.9. The van der Waals surface area contributed by atoms with Gasteiger partial charge in [-0.1, -0.05) is 24.3 Å². The van der Waals surface area contributed by atoms with E-state index in [2.05, 4.69) is 17.0 Å². The summed E-state index contributed by atoms with van der Waals surface area (Å²) in [4.78, 5) is 11.7. The van der Waals surface area contributed by atoms with Crippen LogP contribution in [0, 0.1) is 0 Å². The lowest BCUT2D eigenvalue weighted by Crippen LogP contribution is -2.36. The van der Waals surface area contributed by atoms with Gasteiger partial charge in [-0.05, 0) is 19.1 Å². The highest BCUT2D eigenvalue weighted by Crippen LogP contribution is 2.12. The van der Waals surface area contributed by atoms with Crippen LogP contribution >= 0.6 is 0 Å². The van der Waals surface area contributed by atoms with Gasteiger partial charge in [0.15, 0.2) is 6.10 Å². The summed E-state index contributed by atoms with van der Waals surface area (Å²) in [6.07, 6.45) is 2.81. The molecule has 0 saturated carbocycles. The molecule has 0 fully saturated rings. The van der Waals surface area contributed by atoms with Gasteiger partial charge in [0.1, 0.15) is 0 Å². The van der Waals surface area contributed by atoms with Crippen LogP contribution in [0.4, 0.5) is 0 Å². The molecule has 2 aromatic rings. The van der Waals surface area contributed by atoms with Crippen molar-refractivity contribution in [1.29, 1.82) is 0 Å². The summed E-state index contributed by atoms with van der Waals surface area (Å²) in [6.45, 7) is 5.64. The van der Waals surface area contributed by atoms with Gasteiger partial charge in [-0.25, -0.2) is 4.68 Å². The predicted molar refractivity (Wildman–Crippen MR) is 76.9 cm³/mol. The van der Waals surface area contributed by atoms with Crippen molar-refractivity contribution < 1.29 is 9.53 Å². The molecule has 0 aliphatic carbocycles. The van der Waals surface area contributed by atoms with Crippen LogP contribution in [-0.4, -0.2) is 28.3 Å². The molecule has 1 atom stereocenters. The number of para-hydroxylation sites is 1. The van der Waals surface area contributed by atoms with Crippen LogP contribution in [0.2, 0.25) is 0 Å². The topological polar surface area (TPSA) is 56.1 Å². The summed E-state index contributed by atoms with van der Waals surface area (Å²) < 4.78 is 7.20. The first-order chi connectivity index (χ1) is 9.70. The number of hydrogen-bond acceptors (Lipinski definition) is 3. The zero-order valence-corrected chi connectivity index (χ0v) is 11.3. The van der Waals surface area contributed by atoms with Crippen molar-refractivity contribution in [2.75, 3.05) is 6.54 Å². The van der Waals surface area contributed by atoms with Gasteiger partial charge in [-0.3, -0.25) is 4.79 Å². The summed E-state index contributed by atoms with van der Waals surface area (Å²) in [7, 11) is 0. The molecule has 5 heteroatoms. The maximum Gasteiger partial charge on any atom is 0.261 e. The predicted octanol–water partition coefficient (Wildman–Crippen LogP) is 1.94. The molecule has 1 aromatic heterocycles. The highest BCUT2D eigenvalue weighted by atomic mass is 16.5. The average Bonchev–Trinajstić information content (AvgIpc) is 2.94. The number of carbonyl (C=O) groups is 1. The maximum absolute atomic E-state index is 11.7. The Morgan fingerprint density at radius 2 is 2.20 bits per heavy atom. The molecular weight excluding hydrogens is 254 g/mol. The van der Waals surface area contributed by atoms with Gasteiger partial charge >= 0.3 is 0 Å². The second kappa shape index (κ2) is 6.56. The molecule has 1 heterocycles. The van der Waals surface area contributed by atoms with Crippen LogP contribution in [-0.2, 0) is 4.79 Å². The van der Waals surface area contributed by atoms with Crippen molar-refractivity contribution in [2.45, 2.75) is 13.0 Å². The molecule has 0 radical (unpaired) electrons. The summed E-state index contributed by atoms with van der Waals surface area (Å²) in [6, 6.07) is 11.4. The molecule has 1 amide bonds. The summed E-state index contributed by atoms with van der Waals surface area (Å²) in [5, 5.41) is 6.95. The number of carbonyl (C=O) groups excluding carboxylic acids is 1. The first-order valence-electron chi connectivity index (χ1n) is 6.37. The minimum atomic E-state index is -0.603. The van der Waals surface area contributed by atoms with Crippen molar-refractivity contribution in [2.24, 2.45) is 0 Å². The first-order valence-corrected chi connectivity index (χ1v) is 6.37. The lowest BCUT2D eigenvalue weighted by Gasteiger charge is -2.11. The van der Waals surface area contributed by atoms with E-state index in [1.165, 1.54) is 0 Å². The molecular formula is C15H17N3O2. The Bertz CT molecular complexity index is 578. The smallest absolute Gasteiger partial charge is 0.261 e. The van der Waals surface area contributed by atoms with E-state index in [4.69, 9.17) is 4.74 Å². The second-order valence-corrected chi connectivity index (χ2v) is 4.23. The molecule has 0 bridgehead atoms. The fourth-order valence-electron chi connectivity index (χ4n) is 1.65. The minimum absolute atomic E-state index is 0.195. The summed E-state index contributed by atoms with van der Waals surface area (Å²) in [5.41, 5.74) is 0.936. The van der Waals surface area contributed by atoms with Crippen molar-refractivity contribution in [1.82, 2.24) is 15.1 Å². The standard InChI is InChI=1S/C15H17N3O2/c1-3-10-16-15(19)12(2)20-14-9-11-18(17-14)13-7-5-4-6-8-13/h3-9,11-12H,1,10H2,2H3,(H,16,19)/t12-/m1/s1. The van der Waals surface area contributed by atoms with Crippen molar-refractivity contribution in [3.8, 4) is 11.6 Å². The van der Waals surface area contributed by atoms with E-state index in [1.807, 2.05) is 30.3 Å². The zero-order valence-electron chi connectivity index (χ0n) is 11.3. The third-order valence-corrected chi connectivity index (χ3v) is 2.67. The number of hydrogen-bond donors (Lipinski definition) is 1. The monoisotopic (exact) mass is 271 g/mol. The molecule has 104 valence electrons. The van der Waals surface area contributed by atoms with Crippen LogP contribution in [0.15, 0.2) is 55.3 Å². The average molecular weight is 271 g/mol. The van der Waals surface area contributed by atoms with Crippen molar-refractivity contribution in [3.05, 3.63) is 55.3 Å². The van der Waals surface area contributed by atoms with Gasteiger partial charge < -0.3 is 10.1 Å². The SMILES string of the molecule is C=CCNC(=O)[C@@H](C)Oc1ccn(-c2ccccc2)n1. The Balaban J connectivity index is 1.99. The molecule has 1 N–H and O–H groups in total. The Morgan fingerprint density at radius 1 is 1.45 bits per heavy atom. The minimum Gasteiger partial charge on any atom is -0.463 e. The van der Waals surface area contributed by atoms with Gasteiger partial charge in [0, 0.05) is 18.8 Å². The van der Waals surface area contributed by atoms with Gasteiger partial charge in [-0.15, -0.1) is 11.7 Å². The number of ether oxygens (including phenoxy) is 1. The Labute approximate surface area is 117 Å². The number of nitrogens with zero attached hydrogens (tertiary/aromatic N) is 2. The third-order valence-electron chi connectivity index (χ3n) is 2.67. The van der Waals surface area contributed by atoms with Crippen LogP contribution in [0.1, 0.15) is 6.92 Å². The van der Waals surface area contributed by atoms with Crippen LogP contribution < -0.4 is 10.1 Å². The van der Waals surface area contributed by atoms with E-state index in [1.54, 1.807) is 29.9 Å². The van der Waals surface area contributed by atoms with Crippen LogP contribution in [0.3, 0.4) is 0 Å². The largest absolute Gasteiger partial charge is 0.463 e. The van der Waals surface area contributed by atoms with Crippen LogP contribution in [0.25, 0.3) is 5.69 Å². The molecule has 0 unspecified atom stereocenters. The van der Waals surface area contributed by atoms with Crippen molar-refractivity contribution in [3.63, 3.8) is 0 Å². The van der Waals surface area contributed by atoms with Gasteiger partial charge in [0.25, 0.3) is 5.91 Å². The summed E-state index contributed by atoms with van der Waals surface area (Å²) >= 11 is 0. The van der Waals surface area contributed by atoms with E-state index >= 15 is 0 Å². The van der Waals surface area contributed by atoms with E-state index < -0.39 is 6.10 Å². The molecule has 0 aliphatic heterocycles. The molecule has 20 heavy (non-hydrogen) atoms. The molecule has 1 aromatic carbocycles. The Morgan fingerprint density at radius 3 is 2.90 bits per heavy atom. The van der Waals surface area contributed by atoms with Gasteiger partial charge in [-0.2, -0.15) is 0 Å². The van der Waals surface area contributed by atoms with Crippen LogP contribution in [0.5, 0.6) is 5.88 Å². The molecule has 0 spiro atoms. The number of nitrogens with one attached hydrogen (secondary N) is 1. The molecule has 5 nitrogen and oxygen atoms in total. The number of aromatic nitrogens is 2. The molecule has 0 aliphatic rings. The van der Waals surface area contributed by atoms with Gasteiger partial charge in [0.2, 0.25) is 5.88 Å². The highest BCUT2D eigenvalue weighted by Gasteiger charge is 2.15. The lowest BCUT2D eigenvalue weighted by molar-refractivity contribution is -0.127. The number of rotatable bonds is 6. The second-order valence-electron chi connectivity index (χ2n) is 4.23. The molecule has 0 saturated heterocycles. The van der Waals surface area contributed by atoms with E-state index in [0.717, 1.165) is 5.69 Å². The van der Waals surface area contributed by atoms with Gasteiger partial charge in [0.05, 0.1) is 5.69 Å². The number of amides is 1. The number of benzene rings is 1. The fourth-order valence-corrected chi connectivity index (χ4v) is 1.65.